The van der Waals surface area contributed by atoms with Crippen molar-refractivity contribution in [1.82, 2.24) is 15.0 Å². The lowest BCUT2D eigenvalue weighted by molar-refractivity contribution is -0.449. The van der Waals surface area contributed by atoms with Gasteiger partial charge in [0.1, 0.15) is 0 Å². The fraction of sp³-hybridized carbons (Fsp3) is 0.241. The highest BCUT2D eigenvalue weighted by atomic mass is 19.4. The lowest BCUT2D eigenvalue weighted by Crippen LogP contribution is -2.73. The van der Waals surface area contributed by atoms with E-state index in [4.69, 9.17) is 0 Å². The molecule has 0 fully saturated rings. The van der Waals surface area contributed by atoms with Gasteiger partial charge in [0.25, 0.3) is 0 Å². The van der Waals surface area contributed by atoms with Crippen LogP contribution in [0.25, 0.3) is 33.9 Å². The molecular formula is C29H15F15N4O. The predicted octanol–water partition coefficient (Wildman–Crippen LogP) is 9.19. The average Bonchev–Trinajstić information content (AvgIpc) is 3.04. The monoisotopic (exact) mass is 720 g/mol. The molecular weight excluding hydrogens is 705 g/mol. The van der Waals surface area contributed by atoms with Crippen molar-refractivity contribution in [3.63, 3.8) is 0 Å². The maximum Gasteiger partial charge on any atom is 0.460 e. The smallest absolute Gasteiger partial charge is 0.321 e. The molecule has 4 aromatic rings. The van der Waals surface area contributed by atoms with Gasteiger partial charge in [-0.2, -0.15) is 65.9 Å². The molecule has 262 valence electrons. The van der Waals surface area contributed by atoms with Crippen molar-refractivity contribution < 1.29 is 70.7 Å². The molecule has 0 saturated carbocycles. The number of alkyl halides is 15. The fourth-order valence-corrected chi connectivity index (χ4v) is 4.05. The van der Waals surface area contributed by atoms with Crippen molar-refractivity contribution >= 4 is 11.6 Å². The van der Waals surface area contributed by atoms with Crippen LogP contribution in [0.1, 0.15) is 0 Å². The van der Waals surface area contributed by atoms with Gasteiger partial charge in [0, 0.05) is 18.1 Å². The van der Waals surface area contributed by atoms with Crippen LogP contribution in [0.15, 0.2) is 85.2 Å². The third kappa shape index (κ3) is 6.11. The molecule has 3 aromatic heterocycles. The van der Waals surface area contributed by atoms with Crippen molar-refractivity contribution in [3.05, 3.63) is 85.2 Å². The van der Waals surface area contributed by atoms with E-state index in [1.165, 1.54) is 24.5 Å². The average molecular weight is 720 g/mol. The van der Waals surface area contributed by atoms with E-state index in [2.05, 4.69) is 15.0 Å². The quantitative estimate of drug-likeness (QED) is 0.166. The molecule has 0 spiro atoms. The summed E-state index contributed by atoms with van der Waals surface area (Å²) in [5, 5.41) is 0.963. The highest BCUT2D eigenvalue weighted by Crippen LogP contribution is 2.62. The Balaban J connectivity index is 1.64. The molecule has 0 saturated heterocycles. The zero-order valence-corrected chi connectivity index (χ0v) is 23.5. The van der Waals surface area contributed by atoms with Crippen LogP contribution in [0.3, 0.4) is 0 Å². The number of anilines is 1. The minimum absolute atomic E-state index is 0.214. The molecule has 0 unspecified atom stereocenters. The van der Waals surface area contributed by atoms with Gasteiger partial charge in [-0.1, -0.05) is 24.3 Å². The summed E-state index contributed by atoms with van der Waals surface area (Å²) in [5.41, 5.74) is 1.03. The number of hydrogen-bond donors (Lipinski definition) is 1. The molecule has 4 rings (SSSR count). The summed E-state index contributed by atoms with van der Waals surface area (Å²) in [5.74, 6) is -52.0. The van der Waals surface area contributed by atoms with Crippen LogP contribution in [0, 0.1) is 0 Å². The zero-order chi connectivity index (χ0) is 36.8. The molecule has 1 amide bonds. The SMILES string of the molecule is O=C(Nc1ccc(-c2cc(-c3ccccn3)nc(-c3ccccn3)c2)cc1)C(F)(F)C(F)(F)C(F)(F)C(F)(F)C(F)(F)C(F)(F)C(F)(F)F. The maximum absolute atomic E-state index is 14.3. The van der Waals surface area contributed by atoms with Gasteiger partial charge in [-0.25, -0.2) is 4.98 Å². The highest BCUT2D eigenvalue weighted by molar-refractivity contribution is 5.97. The minimum atomic E-state index is -8.50. The largest absolute Gasteiger partial charge is 0.460 e. The van der Waals surface area contributed by atoms with Crippen LogP contribution in [-0.4, -0.2) is 62.6 Å². The molecule has 3 heterocycles. The Kier molecular flexibility index (Phi) is 9.19. The van der Waals surface area contributed by atoms with Gasteiger partial charge in [0.05, 0.1) is 22.8 Å². The third-order valence-electron chi connectivity index (χ3n) is 6.77. The Hall–Kier alpha value is -4.91. The van der Waals surface area contributed by atoms with Crippen LogP contribution >= 0.6 is 0 Å². The lowest BCUT2D eigenvalue weighted by Gasteiger charge is -2.41. The molecule has 1 aromatic carbocycles. The normalized spacial score (nSPS) is 13.7. The van der Waals surface area contributed by atoms with E-state index in [9.17, 15) is 70.7 Å². The number of aromatic nitrogens is 3. The number of pyridine rings is 3. The predicted molar refractivity (Wildman–Crippen MR) is 141 cm³/mol. The van der Waals surface area contributed by atoms with Crippen molar-refractivity contribution in [2.24, 2.45) is 0 Å². The van der Waals surface area contributed by atoms with E-state index in [-0.39, 0.29) is 5.56 Å². The van der Waals surface area contributed by atoms with E-state index in [0.29, 0.717) is 28.3 Å². The molecule has 0 radical (unpaired) electrons. The standard InChI is InChI=1S/C29H15F15N4O/c30-23(31,24(32,33)25(34,35)26(36,37)27(38,39)28(40,41)29(42,43)44)22(49)47-17-9-7-15(8-10-17)16-13-20(18-5-1-3-11-45-18)48-21(14-16)19-6-2-4-12-46-19/h1-14H,(H,47,49). The molecule has 0 bridgehead atoms. The van der Waals surface area contributed by atoms with Crippen LogP contribution in [0.4, 0.5) is 71.5 Å². The first kappa shape index (κ1) is 36.9. The second-order valence-electron chi connectivity index (χ2n) is 10.0. The van der Waals surface area contributed by atoms with Crippen molar-refractivity contribution in [3.8, 4) is 33.9 Å². The summed E-state index contributed by atoms with van der Waals surface area (Å²) in [6.45, 7) is 0. The van der Waals surface area contributed by atoms with Crippen LogP contribution in [0.2, 0.25) is 0 Å². The van der Waals surface area contributed by atoms with Crippen LogP contribution < -0.4 is 5.32 Å². The second-order valence-corrected chi connectivity index (χ2v) is 10.0. The third-order valence-corrected chi connectivity index (χ3v) is 6.77. The van der Waals surface area contributed by atoms with Crippen LogP contribution in [0.5, 0.6) is 0 Å². The second kappa shape index (κ2) is 12.2. The molecule has 0 atom stereocenters. The summed E-state index contributed by atoms with van der Waals surface area (Å²) in [7, 11) is 0. The zero-order valence-electron chi connectivity index (χ0n) is 23.5. The first-order valence-corrected chi connectivity index (χ1v) is 13.0. The molecule has 0 aliphatic carbocycles. The number of benzene rings is 1. The maximum atomic E-state index is 14.3. The number of carbonyl (C=O) groups is 1. The number of carbonyl (C=O) groups excluding carboxylic acids is 1. The first-order chi connectivity index (χ1) is 22.4. The Morgan fingerprint density at radius 1 is 0.490 bits per heavy atom. The van der Waals surface area contributed by atoms with Gasteiger partial charge in [-0.15, -0.1) is 0 Å². The van der Waals surface area contributed by atoms with E-state index in [1.54, 1.807) is 36.4 Å². The molecule has 20 heteroatoms. The Morgan fingerprint density at radius 3 is 1.33 bits per heavy atom. The Morgan fingerprint density at radius 2 is 0.918 bits per heavy atom. The number of amides is 1. The molecule has 5 nitrogen and oxygen atoms in total. The van der Waals surface area contributed by atoms with Crippen molar-refractivity contribution in [2.75, 3.05) is 5.32 Å². The van der Waals surface area contributed by atoms with Gasteiger partial charge in [0.15, 0.2) is 0 Å². The van der Waals surface area contributed by atoms with Crippen LogP contribution in [-0.2, 0) is 4.79 Å². The van der Waals surface area contributed by atoms with Crippen molar-refractivity contribution in [1.29, 1.82) is 0 Å². The molecule has 1 N–H and O–H groups in total. The van der Waals surface area contributed by atoms with E-state index < -0.39 is 53.3 Å². The summed E-state index contributed by atoms with van der Waals surface area (Å²) in [6.07, 6.45) is -4.81. The van der Waals surface area contributed by atoms with E-state index in [1.807, 2.05) is 0 Å². The molecule has 0 aliphatic heterocycles. The Bertz CT molecular complexity index is 1740. The summed E-state index contributed by atoms with van der Waals surface area (Å²) in [6, 6.07) is 16.3. The fourth-order valence-electron chi connectivity index (χ4n) is 4.05. The summed E-state index contributed by atoms with van der Waals surface area (Å²) in [4.78, 5) is 24.8. The first-order valence-electron chi connectivity index (χ1n) is 13.0. The van der Waals surface area contributed by atoms with Gasteiger partial charge >= 0.3 is 47.6 Å². The number of hydrogen-bond acceptors (Lipinski definition) is 4. The van der Waals surface area contributed by atoms with E-state index >= 15 is 0 Å². The topological polar surface area (TPSA) is 67.8 Å². The summed E-state index contributed by atoms with van der Waals surface area (Å²) >= 11 is 0. The summed E-state index contributed by atoms with van der Waals surface area (Å²) < 4.78 is 202. The Labute approximate surface area is 263 Å². The number of nitrogens with one attached hydrogen (secondary N) is 1. The lowest BCUT2D eigenvalue weighted by atomic mass is 9.91. The van der Waals surface area contributed by atoms with Gasteiger partial charge in [-0.05, 0) is 59.7 Å². The minimum Gasteiger partial charge on any atom is -0.321 e. The highest BCUT2D eigenvalue weighted by Gasteiger charge is 2.94. The number of nitrogens with zero attached hydrogens (tertiary/aromatic N) is 3. The van der Waals surface area contributed by atoms with E-state index in [0.717, 1.165) is 29.6 Å². The van der Waals surface area contributed by atoms with Gasteiger partial charge in [0.2, 0.25) is 0 Å². The van der Waals surface area contributed by atoms with Gasteiger partial charge in [-0.3, -0.25) is 14.8 Å². The van der Waals surface area contributed by atoms with Gasteiger partial charge < -0.3 is 5.32 Å². The number of rotatable bonds is 10. The number of halogens is 15. The molecule has 49 heavy (non-hydrogen) atoms. The molecule has 0 aliphatic rings. The van der Waals surface area contributed by atoms with Crippen molar-refractivity contribution in [2.45, 2.75) is 41.7 Å².